The van der Waals surface area contributed by atoms with Gasteiger partial charge >= 0.3 is 0 Å². The third-order valence-corrected chi connectivity index (χ3v) is 4.97. The second-order valence-electron chi connectivity index (χ2n) is 6.94. The molecule has 0 spiro atoms. The number of hydrogen-bond donors (Lipinski definition) is 1. The number of halogens is 1. The van der Waals surface area contributed by atoms with Crippen LogP contribution in [-0.4, -0.2) is 29.1 Å². The van der Waals surface area contributed by atoms with E-state index in [9.17, 15) is 9.18 Å². The number of hydrogen-bond acceptors (Lipinski definition) is 3. The number of methoxy groups -OCH3 is 1. The van der Waals surface area contributed by atoms with E-state index in [-0.39, 0.29) is 11.7 Å². The van der Waals surface area contributed by atoms with Crippen LogP contribution in [0.4, 0.5) is 4.39 Å². The number of ether oxygens (including phenoxy) is 1. The summed E-state index contributed by atoms with van der Waals surface area (Å²) >= 11 is 0. The van der Waals surface area contributed by atoms with Gasteiger partial charge in [-0.05, 0) is 42.0 Å². The summed E-state index contributed by atoms with van der Waals surface area (Å²) in [5.74, 6) is 0.960. The van der Waals surface area contributed by atoms with Crippen molar-refractivity contribution in [3.8, 4) is 5.75 Å². The number of benzene rings is 3. The Kier molecular flexibility index (Phi) is 5.75. The topological polar surface area (TPSA) is 56.1 Å². The van der Waals surface area contributed by atoms with Crippen molar-refractivity contribution in [3.05, 3.63) is 95.6 Å². The zero-order valence-corrected chi connectivity index (χ0v) is 16.6. The van der Waals surface area contributed by atoms with Crippen LogP contribution in [-0.2, 0) is 13.0 Å². The van der Waals surface area contributed by atoms with Crippen molar-refractivity contribution in [1.82, 2.24) is 14.9 Å². The maximum Gasteiger partial charge on any atom is 0.255 e. The molecule has 30 heavy (non-hydrogen) atoms. The van der Waals surface area contributed by atoms with Gasteiger partial charge in [0.1, 0.15) is 17.4 Å². The van der Waals surface area contributed by atoms with Crippen LogP contribution in [0.2, 0.25) is 0 Å². The molecule has 1 N–H and O–H groups in total. The first-order chi connectivity index (χ1) is 14.7. The highest BCUT2D eigenvalue weighted by atomic mass is 19.1. The highest BCUT2D eigenvalue weighted by Gasteiger charge is 2.14. The zero-order valence-electron chi connectivity index (χ0n) is 16.6. The van der Waals surface area contributed by atoms with Gasteiger partial charge in [-0.15, -0.1) is 0 Å². The minimum Gasteiger partial charge on any atom is -0.496 e. The highest BCUT2D eigenvalue weighted by molar-refractivity contribution is 5.96. The van der Waals surface area contributed by atoms with E-state index in [2.05, 4.69) is 9.88 Å². The summed E-state index contributed by atoms with van der Waals surface area (Å²) in [6.45, 7) is 1.01. The second-order valence-corrected chi connectivity index (χ2v) is 6.94. The molecule has 0 aliphatic rings. The maximum absolute atomic E-state index is 13.3. The van der Waals surface area contributed by atoms with E-state index in [4.69, 9.17) is 9.72 Å². The van der Waals surface area contributed by atoms with Gasteiger partial charge in [0.25, 0.3) is 5.91 Å². The van der Waals surface area contributed by atoms with Gasteiger partial charge in [0.05, 0.1) is 23.7 Å². The zero-order chi connectivity index (χ0) is 20.9. The molecule has 0 fully saturated rings. The predicted octanol–water partition coefficient (Wildman–Crippen LogP) is 4.20. The lowest BCUT2D eigenvalue weighted by Gasteiger charge is -2.11. The molecule has 0 unspecified atom stereocenters. The molecule has 152 valence electrons. The molecule has 1 aromatic heterocycles. The van der Waals surface area contributed by atoms with Gasteiger partial charge in [-0.25, -0.2) is 9.37 Å². The monoisotopic (exact) mass is 403 g/mol. The van der Waals surface area contributed by atoms with E-state index in [0.717, 1.165) is 22.4 Å². The number of aromatic nitrogens is 2. The molecule has 1 heterocycles. The van der Waals surface area contributed by atoms with E-state index in [1.165, 1.54) is 12.1 Å². The lowest BCUT2D eigenvalue weighted by molar-refractivity contribution is 0.0951. The third kappa shape index (κ3) is 4.17. The quantitative estimate of drug-likeness (QED) is 0.503. The van der Waals surface area contributed by atoms with Gasteiger partial charge in [-0.1, -0.05) is 36.4 Å². The fourth-order valence-corrected chi connectivity index (χ4v) is 3.48. The number of fused-ring (bicyclic) bond motifs is 1. The van der Waals surface area contributed by atoms with Crippen molar-refractivity contribution in [3.63, 3.8) is 0 Å². The first kappa shape index (κ1) is 19.6. The van der Waals surface area contributed by atoms with E-state index in [1.807, 2.05) is 30.3 Å². The van der Waals surface area contributed by atoms with E-state index in [1.54, 1.807) is 37.4 Å². The van der Waals surface area contributed by atoms with Gasteiger partial charge in [0.2, 0.25) is 0 Å². The molecule has 0 aliphatic heterocycles. The molecular formula is C24H22FN3O2. The van der Waals surface area contributed by atoms with Crippen LogP contribution in [0.25, 0.3) is 11.0 Å². The summed E-state index contributed by atoms with van der Waals surface area (Å²) in [5, 5.41) is 2.94. The molecule has 0 aliphatic carbocycles. The number of amides is 1. The molecule has 0 radical (unpaired) electrons. The van der Waals surface area contributed by atoms with Crippen molar-refractivity contribution >= 4 is 16.9 Å². The first-order valence-electron chi connectivity index (χ1n) is 9.75. The molecule has 4 aromatic rings. The summed E-state index contributed by atoms with van der Waals surface area (Å²) < 4.78 is 20.6. The first-order valence-corrected chi connectivity index (χ1v) is 9.75. The molecule has 0 bridgehead atoms. The van der Waals surface area contributed by atoms with Crippen LogP contribution in [0.1, 0.15) is 21.7 Å². The van der Waals surface area contributed by atoms with Crippen LogP contribution in [0.3, 0.4) is 0 Å². The predicted molar refractivity (Wildman–Crippen MR) is 114 cm³/mol. The van der Waals surface area contributed by atoms with Gasteiger partial charge in [-0.3, -0.25) is 4.79 Å². The van der Waals surface area contributed by atoms with Crippen molar-refractivity contribution in [2.24, 2.45) is 0 Å². The SMILES string of the molecule is COc1ccccc1C(=O)NCCc1nc2ccccc2n1Cc1ccc(F)cc1. The van der Waals surface area contributed by atoms with Gasteiger partial charge < -0.3 is 14.6 Å². The molecule has 3 aromatic carbocycles. The second kappa shape index (κ2) is 8.78. The fraction of sp³-hybridized carbons (Fsp3) is 0.167. The lowest BCUT2D eigenvalue weighted by atomic mass is 10.2. The fourth-order valence-electron chi connectivity index (χ4n) is 3.48. The van der Waals surface area contributed by atoms with E-state index in [0.29, 0.717) is 30.8 Å². The molecule has 6 heteroatoms. The van der Waals surface area contributed by atoms with Gasteiger partial charge in [0.15, 0.2) is 0 Å². The van der Waals surface area contributed by atoms with Crippen molar-refractivity contribution in [2.75, 3.05) is 13.7 Å². The number of imidazole rings is 1. The molecule has 4 rings (SSSR count). The van der Waals surface area contributed by atoms with Crippen LogP contribution >= 0.6 is 0 Å². The standard InChI is InChI=1S/C24H22FN3O2/c1-30-22-9-5-2-6-19(22)24(29)26-15-14-23-27-20-7-3-4-8-21(20)28(23)16-17-10-12-18(25)13-11-17/h2-13H,14-16H2,1H3,(H,26,29). The Morgan fingerprint density at radius 1 is 1.03 bits per heavy atom. The average molecular weight is 403 g/mol. The minimum absolute atomic E-state index is 0.186. The summed E-state index contributed by atoms with van der Waals surface area (Å²) in [6.07, 6.45) is 0.566. The Hall–Kier alpha value is -3.67. The maximum atomic E-state index is 13.3. The number of rotatable bonds is 7. The number of carbonyl (C=O) groups is 1. The normalized spacial score (nSPS) is 10.9. The highest BCUT2D eigenvalue weighted by Crippen LogP contribution is 2.19. The molecule has 0 saturated carbocycles. The van der Waals surface area contributed by atoms with Crippen molar-refractivity contribution in [1.29, 1.82) is 0 Å². The molecule has 5 nitrogen and oxygen atoms in total. The van der Waals surface area contributed by atoms with Crippen molar-refractivity contribution in [2.45, 2.75) is 13.0 Å². The van der Waals surface area contributed by atoms with Crippen LogP contribution in [0.15, 0.2) is 72.8 Å². The molecular weight excluding hydrogens is 381 g/mol. The summed E-state index contributed by atoms with van der Waals surface area (Å²) in [4.78, 5) is 17.3. The molecule has 0 atom stereocenters. The average Bonchev–Trinajstić information content (AvgIpc) is 3.12. The Bertz CT molecular complexity index is 1170. The lowest BCUT2D eigenvalue weighted by Crippen LogP contribution is -2.27. The number of carbonyl (C=O) groups excluding carboxylic acids is 1. The van der Waals surface area contributed by atoms with Gasteiger partial charge in [0, 0.05) is 19.5 Å². The summed E-state index contributed by atoms with van der Waals surface area (Å²) in [7, 11) is 1.55. The van der Waals surface area contributed by atoms with E-state index < -0.39 is 0 Å². The summed E-state index contributed by atoms with van der Waals surface area (Å²) in [5.41, 5.74) is 3.39. The number of nitrogens with one attached hydrogen (secondary N) is 1. The van der Waals surface area contributed by atoms with E-state index >= 15 is 0 Å². The number of para-hydroxylation sites is 3. The molecule has 0 saturated heterocycles. The Balaban J connectivity index is 1.52. The Morgan fingerprint density at radius 3 is 2.57 bits per heavy atom. The van der Waals surface area contributed by atoms with Crippen LogP contribution in [0, 0.1) is 5.82 Å². The molecule has 1 amide bonds. The number of nitrogens with zero attached hydrogens (tertiary/aromatic N) is 2. The van der Waals surface area contributed by atoms with Crippen LogP contribution < -0.4 is 10.1 Å². The minimum atomic E-state index is -0.256. The van der Waals surface area contributed by atoms with Gasteiger partial charge in [-0.2, -0.15) is 0 Å². The van der Waals surface area contributed by atoms with Crippen molar-refractivity contribution < 1.29 is 13.9 Å². The summed E-state index contributed by atoms with van der Waals surface area (Å²) in [6, 6.07) is 21.5. The van der Waals surface area contributed by atoms with Crippen LogP contribution in [0.5, 0.6) is 5.75 Å². The smallest absolute Gasteiger partial charge is 0.255 e. The Labute approximate surface area is 174 Å². The largest absolute Gasteiger partial charge is 0.496 e. The third-order valence-electron chi connectivity index (χ3n) is 4.97. The Morgan fingerprint density at radius 2 is 1.77 bits per heavy atom.